The van der Waals surface area contributed by atoms with Crippen LogP contribution in [0, 0.1) is 0 Å². The minimum Gasteiger partial charge on any atom is -0.495 e. The number of aromatic nitrogens is 1. The quantitative estimate of drug-likeness (QED) is 0.586. The van der Waals surface area contributed by atoms with Gasteiger partial charge in [-0.25, -0.2) is 4.98 Å². The van der Waals surface area contributed by atoms with Gasteiger partial charge in [-0.15, -0.1) is 0 Å². The number of anilines is 1. The van der Waals surface area contributed by atoms with Crippen LogP contribution in [0.15, 0.2) is 54.6 Å². The molecule has 126 valence electrons. The van der Waals surface area contributed by atoms with Crippen molar-refractivity contribution < 1.29 is 9.53 Å². The van der Waals surface area contributed by atoms with E-state index in [-0.39, 0.29) is 10.5 Å². The highest BCUT2D eigenvalue weighted by Crippen LogP contribution is 2.44. The van der Waals surface area contributed by atoms with E-state index in [9.17, 15) is 4.79 Å². The van der Waals surface area contributed by atoms with Gasteiger partial charge in [-0.2, -0.15) is 0 Å². The molecule has 1 aliphatic rings. The fraction of sp³-hybridized carbons (Fsp3) is 0.158. The van der Waals surface area contributed by atoms with Crippen LogP contribution < -0.4 is 9.64 Å². The molecule has 4 rings (SSSR count). The predicted molar refractivity (Wildman–Crippen MR) is 103 cm³/mol. The maximum absolute atomic E-state index is 12.6. The summed E-state index contributed by atoms with van der Waals surface area (Å²) in [5, 5.41) is 1.39. The third-order valence-corrected chi connectivity index (χ3v) is 5.65. The molecule has 6 heteroatoms. The van der Waals surface area contributed by atoms with Gasteiger partial charge in [0, 0.05) is 17.5 Å². The van der Waals surface area contributed by atoms with Crippen molar-refractivity contribution in [3.05, 3.63) is 65.3 Å². The van der Waals surface area contributed by atoms with Crippen LogP contribution in [-0.2, 0) is 0 Å². The molecular weight excluding hydrogens is 356 g/mol. The minimum absolute atomic E-state index is 0.0151. The van der Waals surface area contributed by atoms with Crippen LogP contribution in [0.25, 0.3) is 10.9 Å². The van der Waals surface area contributed by atoms with Gasteiger partial charge in [-0.3, -0.25) is 9.69 Å². The highest BCUT2D eigenvalue weighted by Gasteiger charge is 2.35. The number of methoxy groups -OCH3 is 1. The van der Waals surface area contributed by atoms with Crippen LogP contribution in [0.4, 0.5) is 10.5 Å². The Kier molecular flexibility index (Phi) is 4.27. The van der Waals surface area contributed by atoms with Crippen LogP contribution in [0.5, 0.6) is 5.75 Å². The highest BCUT2D eigenvalue weighted by molar-refractivity contribution is 8.14. The molecule has 0 radical (unpaired) electrons. The number of ether oxygens (including phenoxy) is 1. The molecule has 0 saturated carbocycles. The maximum atomic E-state index is 12.6. The number of pyridine rings is 1. The summed E-state index contributed by atoms with van der Waals surface area (Å²) >= 11 is 7.67. The molecule has 1 fully saturated rings. The lowest BCUT2D eigenvalue weighted by molar-refractivity contribution is 0.266. The number of amides is 1. The molecule has 25 heavy (non-hydrogen) atoms. The van der Waals surface area contributed by atoms with Crippen molar-refractivity contribution in [1.29, 1.82) is 0 Å². The third kappa shape index (κ3) is 2.94. The van der Waals surface area contributed by atoms with E-state index in [1.807, 2.05) is 54.6 Å². The molecule has 1 aromatic heterocycles. The second kappa shape index (κ2) is 6.58. The average molecular weight is 371 g/mol. The molecular formula is C19H15ClN2O2S. The molecule has 2 aromatic carbocycles. The van der Waals surface area contributed by atoms with Gasteiger partial charge < -0.3 is 4.74 Å². The number of carbonyl (C=O) groups excluding carboxylic acids is 1. The van der Waals surface area contributed by atoms with Gasteiger partial charge in [0.25, 0.3) is 5.24 Å². The van der Waals surface area contributed by atoms with Crippen LogP contribution in [0.1, 0.15) is 10.8 Å². The Balaban J connectivity index is 1.70. The Bertz CT molecular complexity index is 963. The average Bonchev–Trinajstić information content (AvgIpc) is 3.02. The van der Waals surface area contributed by atoms with Crippen LogP contribution >= 0.6 is 23.4 Å². The maximum Gasteiger partial charge on any atom is 0.286 e. The lowest BCUT2D eigenvalue weighted by Crippen LogP contribution is -2.23. The molecule has 0 spiro atoms. The number of benzene rings is 2. The van der Waals surface area contributed by atoms with Gasteiger partial charge in [0.05, 0.1) is 23.6 Å². The van der Waals surface area contributed by atoms with E-state index in [1.54, 1.807) is 12.0 Å². The number of carbonyl (C=O) groups is 1. The van der Waals surface area contributed by atoms with Crippen molar-refractivity contribution in [2.24, 2.45) is 0 Å². The van der Waals surface area contributed by atoms with Crippen molar-refractivity contribution in [1.82, 2.24) is 4.98 Å². The lowest BCUT2D eigenvalue weighted by atomic mass is 10.1. The zero-order valence-corrected chi connectivity index (χ0v) is 15.1. The number of hydrogen-bond acceptors (Lipinski definition) is 4. The van der Waals surface area contributed by atoms with Gasteiger partial charge in [0.1, 0.15) is 10.9 Å². The van der Waals surface area contributed by atoms with Crippen LogP contribution in [0.3, 0.4) is 0 Å². The van der Waals surface area contributed by atoms with Crippen molar-refractivity contribution in [3.63, 3.8) is 0 Å². The first-order chi connectivity index (χ1) is 12.2. The van der Waals surface area contributed by atoms with E-state index in [2.05, 4.69) is 4.98 Å². The summed E-state index contributed by atoms with van der Waals surface area (Å²) in [6.45, 7) is 0.531. The Labute approximate surface area is 154 Å². The standard InChI is InChI=1S/C19H15ClN2O2S/c1-24-16-9-5-4-8-15(16)22-11-17(25-19(22)23)13-10-12-6-2-3-7-14(12)21-18(13)20/h2-10,17H,11H2,1H3/t17-/m0/s1. The molecule has 1 atom stereocenters. The Hall–Kier alpha value is -2.24. The van der Waals surface area contributed by atoms with E-state index in [0.717, 1.165) is 22.2 Å². The van der Waals surface area contributed by atoms with Gasteiger partial charge in [-0.05, 0) is 24.3 Å². The summed E-state index contributed by atoms with van der Waals surface area (Å²) in [4.78, 5) is 18.8. The normalized spacial score (nSPS) is 17.3. The monoisotopic (exact) mass is 370 g/mol. The van der Waals surface area contributed by atoms with Gasteiger partial charge >= 0.3 is 0 Å². The fourth-order valence-electron chi connectivity index (χ4n) is 3.01. The molecule has 1 amide bonds. The molecule has 0 N–H and O–H groups in total. The molecule has 0 unspecified atom stereocenters. The van der Waals surface area contributed by atoms with E-state index < -0.39 is 0 Å². The number of thioether (sulfide) groups is 1. The number of rotatable bonds is 3. The number of hydrogen-bond donors (Lipinski definition) is 0. The summed E-state index contributed by atoms with van der Waals surface area (Å²) in [5.41, 5.74) is 2.51. The molecule has 0 aliphatic carbocycles. The van der Waals surface area contributed by atoms with Crippen molar-refractivity contribution >= 4 is 45.2 Å². The first kappa shape index (κ1) is 16.2. The van der Waals surface area contributed by atoms with Crippen molar-refractivity contribution in [2.75, 3.05) is 18.6 Å². The smallest absolute Gasteiger partial charge is 0.286 e. The van der Waals surface area contributed by atoms with E-state index >= 15 is 0 Å². The molecule has 1 saturated heterocycles. The van der Waals surface area contributed by atoms with Crippen LogP contribution in [0.2, 0.25) is 5.15 Å². The highest BCUT2D eigenvalue weighted by atomic mass is 35.5. The molecule has 2 heterocycles. The minimum atomic E-state index is -0.0676. The Morgan fingerprint density at radius 3 is 2.80 bits per heavy atom. The van der Waals surface area contributed by atoms with Crippen molar-refractivity contribution in [3.8, 4) is 5.75 Å². The third-order valence-electron chi connectivity index (χ3n) is 4.24. The van der Waals surface area contributed by atoms with Gasteiger partial charge in [0.2, 0.25) is 0 Å². The Morgan fingerprint density at radius 1 is 1.20 bits per heavy atom. The second-order valence-corrected chi connectivity index (χ2v) is 7.23. The van der Waals surface area contributed by atoms with E-state index in [4.69, 9.17) is 16.3 Å². The number of fused-ring (bicyclic) bond motifs is 1. The molecule has 0 bridgehead atoms. The second-order valence-electron chi connectivity index (χ2n) is 5.72. The summed E-state index contributed by atoms with van der Waals surface area (Å²) in [7, 11) is 1.61. The summed E-state index contributed by atoms with van der Waals surface area (Å²) in [6, 6.07) is 17.4. The topological polar surface area (TPSA) is 42.4 Å². The summed E-state index contributed by atoms with van der Waals surface area (Å²) in [6.07, 6.45) is 0. The predicted octanol–water partition coefficient (Wildman–Crippen LogP) is 5.31. The first-order valence-electron chi connectivity index (χ1n) is 7.83. The van der Waals surface area contributed by atoms with Crippen LogP contribution in [-0.4, -0.2) is 23.9 Å². The lowest BCUT2D eigenvalue weighted by Gasteiger charge is -2.18. The van der Waals surface area contributed by atoms with E-state index in [1.165, 1.54) is 11.8 Å². The van der Waals surface area contributed by atoms with E-state index in [0.29, 0.717) is 17.4 Å². The largest absolute Gasteiger partial charge is 0.495 e. The number of halogens is 1. The zero-order chi connectivity index (χ0) is 17.4. The van der Waals surface area contributed by atoms with Gasteiger partial charge in [-0.1, -0.05) is 53.7 Å². The Morgan fingerprint density at radius 2 is 1.96 bits per heavy atom. The zero-order valence-electron chi connectivity index (χ0n) is 13.5. The molecule has 1 aliphatic heterocycles. The van der Waals surface area contributed by atoms with Gasteiger partial charge in [0.15, 0.2) is 0 Å². The summed E-state index contributed by atoms with van der Waals surface area (Å²) < 4.78 is 5.39. The fourth-order valence-corrected chi connectivity index (χ4v) is 4.42. The first-order valence-corrected chi connectivity index (χ1v) is 9.09. The SMILES string of the molecule is COc1ccccc1N1C[C@@H](c2cc3ccccc3nc2Cl)SC1=O. The van der Waals surface area contributed by atoms with Crippen molar-refractivity contribution in [2.45, 2.75) is 5.25 Å². The summed E-state index contributed by atoms with van der Waals surface area (Å²) in [5.74, 6) is 0.680. The molecule has 4 nitrogen and oxygen atoms in total. The number of para-hydroxylation sites is 3. The number of nitrogens with zero attached hydrogens (tertiary/aromatic N) is 2. The molecule has 3 aromatic rings.